The Balaban J connectivity index is 1.90. The molecule has 0 saturated heterocycles. The first kappa shape index (κ1) is 14.2. The Morgan fingerprint density at radius 1 is 1.09 bits per heavy atom. The van der Waals surface area contributed by atoms with Gasteiger partial charge in [-0.15, -0.1) is 0 Å². The number of fused-ring (bicyclic) bond motifs is 1. The average Bonchev–Trinajstić information content (AvgIpc) is 2.57. The molecule has 0 amide bonds. The number of ketones is 1. The molecular weight excluding hydrogens is 276 g/mol. The van der Waals surface area contributed by atoms with Crippen molar-refractivity contribution < 1.29 is 4.79 Å². The fourth-order valence-electron chi connectivity index (χ4n) is 2.39. The molecule has 0 aliphatic heterocycles. The van der Waals surface area contributed by atoms with Crippen molar-refractivity contribution in [2.45, 2.75) is 19.9 Å². The SMILES string of the molecule is CCc1ccc(C(=O)Cn2cnc3ccccc3c2=O)cc1. The van der Waals surface area contributed by atoms with Gasteiger partial charge in [0.15, 0.2) is 5.78 Å². The molecule has 1 aromatic heterocycles. The van der Waals surface area contributed by atoms with E-state index in [9.17, 15) is 9.59 Å². The van der Waals surface area contributed by atoms with Crippen LogP contribution in [0.2, 0.25) is 0 Å². The van der Waals surface area contributed by atoms with Gasteiger partial charge in [0.1, 0.15) is 0 Å². The molecule has 4 heteroatoms. The third-order valence-electron chi connectivity index (χ3n) is 3.73. The number of rotatable bonds is 4. The van der Waals surface area contributed by atoms with E-state index < -0.39 is 0 Å². The summed E-state index contributed by atoms with van der Waals surface area (Å²) in [6.45, 7) is 2.07. The smallest absolute Gasteiger partial charge is 0.261 e. The monoisotopic (exact) mass is 292 g/mol. The number of carbonyl (C=O) groups is 1. The molecule has 3 aromatic rings. The van der Waals surface area contributed by atoms with Crippen LogP contribution < -0.4 is 5.56 Å². The highest BCUT2D eigenvalue weighted by Crippen LogP contribution is 2.08. The van der Waals surface area contributed by atoms with Gasteiger partial charge in [-0.1, -0.05) is 43.3 Å². The van der Waals surface area contributed by atoms with Gasteiger partial charge in [-0.3, -0.25) is 14.2 Å². The van der Waals surface area contributed by atoms with Gasteiger partial charge in [0.2, 0.25) is 0 Å². The third kappa shape index (κ3) is 2.68. The molecule has 0 fully saturated rings. The van der Waals surface area contributed by atoms with E-state index >= 15 is 0 Å². The molecule has 1 heterocycles. The highest BCUT2D eigenvalue weighted by molar-refractivity contribution is 5.96. The Hall–Kier alpha value is -2.75. The fourth-order valence-corrected chi connectivity index (χ4v) is 2.39. The predicted octanol–water partition coefficient (Wildman–Crippen LogP) is 2.84. The van der Waals surface area contributed by atoms with Crippen LogP contribution in [0.25, 0.3) is 10.9 Å². The Labute approximate surface area is 128 Å². The molecule has 0 spiro atoms. The summed E-state index contributed by atoms with van der Waals surface area (Å²) >= 11 is 0. The second-order valence-corrected chi connectivity index (χ2v) is 5.17. The zero-order valence-corrected chi connectivity index (χ0v) is 12.3. The molecular formula is C18H16N2O2. The van der Waals surface area contributed by atoms with Gasteiger partial charge < -0.3 is 0 Å². The average molecular weight is 292 g/mol. The molecule has 0 atom stereocenters. The maximum absolute atomic E-state index is 12.4. The summed E-state index contributed by atoms with van der Waals surface area (Å²) in [7, 11) is 0. The lowest BCUT2D eigenvalue weighted by atomic mass is 10.1. The maximum atomic E-state index is 12.4. The van der Waals surface area contributed by atoms with Crippen molar-refractivity contribution in [2.75, 3.05) is 0 Å². The zero-order valence-electron chi connectivity index (χ0n) is 12.3. The summed E-state index contributed by atoms with van der Waals surface area (Å²) in [6, 6.07) is 14.6. The minimum absolute atomic E-state index is 0.00212. The number of hydrogen-bond donors (Lipinski definition) is 0. The Morgan fingerprint density at radius 3 is 2.55 bits per heavy atom. The molecule has 0 aliphatic rings. The number of carbonyl (C=O) groups excluding carboxylic acids is 1. The minimum Gasteiger partial charge on any atom is -0.292 e. The van der Waals surface area contributed by atoms with Gasteiger partial charge in [0, 0.05) is 5.56 Å². The Morgan fingerprint density at radius 2 is 1.82 bits per heavy atom. The standard InChI is InChI=1S/C18H16N2O2/c1-2-13-7-9-14(10-8-13)17(21)11-20-12-19-16-6-4-3-5-15(16)18(20)22/h3-10,12H,2,11H2,1H3. The normalized spacial score (nSPS) is 10.8. The number of aryl methyl sites for hydroxylation is 1. The first-order valence-electron chi connectivity index (χ1n) is 7.25. The van der Waals surface area contributed by atoms with E-state index in [1.165, 1.54) is 16.5 Å². The van der Waals surface area contributed by atoms with Gasteiger partial charge in [0.25, 0.3) is 5.56 Å². The summed E-state index contributed by atoms with van der Waals surface area (Å²) in [4.78, 5) is 28.9. The van der Waals surface area contributed by atoms with Crippen LogP contribution in [0.5, 0.6) is 0 Å². The summed E-state index contributed by atoms with van der Waals surface area (Å²) in [5, 5.41) is 0.527. The molecule has 110 valence electrons. The van der Waals surface area contributed by atoms with Crippen molar-refractivity contribution in [3.8, 4) is 0 Å². The molecule has 0 bridgehead atoms. The maximum Gasteiger partial charge on any atom is 0.261 e. The van der Waals surface area contributed by atoms with Gasteiger partial charge in [-0.05, 0) is 24.1 Å². The lowest BCUT2D eigenvalue weighted by molar-refractivity contribution is 0.0970. The molecule has 0 unspecified atom stereocenters. The van der Waals surface area contributed by atoms with Gasteiger partial charge in [-0.2, -0.15) is 0 Å². The minimum atomic E-state index is -0.191. The molecule has 0 N–H and O–H groups in total. The van der Waals surface area contributed by atoms with Crippen LogP contribution in [0.3, 0.4) is 0 Å². The van der Waals surface area contributed by atoms with Crippen LogP contribution in [0.1, 0.15) is 22.8 Å². The number of nitrogens with zero attached hydrogens (tertiary/aromatic N) is 2. The highest BCUT2D eigenvalue weighted by atomic mass is 16.1. The van der Waals surface area contributed by atoms with E-state index in [2.05, 4.69) is 11.9 Å². The van der Waals surface area contributed by atoms with Crippen molar-refractivity contribution in [1.29, 1.82) is 0 Å². The summed E-state index contributed by atoms with van der Waals surface area (Å²) < 4.78 is 1.36. The van der Waals surface area contributed by atoms with Crippen LogP contribution >= 0.6 is 0 Å². The van der Waals surface area contributed by atoms with E-state index in [4.69, 9.17) is 0 Å². The van der Waals surface area contributed by atoms with Crippen molar-refractivity contribution in [2.24, 2.45) is 0 Å². The van der Waals surface area contributed by atoms with Crippen LogP contribution in [-0.4, -0.2) is 15.3 Å². The summed E-state index contributed by atoms with van der Waals surface area (Å²) in [6.07, 6.45) is 2.37. The third-order valence-corrected chi connectivity index (χ3v) is 3.73. The van der Waals surface area contributed by atoms with Gasteiger partial charge in [-0.25, -0.2) is 4.98 Å². The van der Waals surface area contributed by atoms with Crippen molar-refractivity contribution in [3.05, 3.63) is 76.3 Å². The summed E-state index contributed by atoms with van der Waals surface area (Å²) in [5.41, 5.74) is 2.24. The van der Waals surface area contributed by atoms with E-state index in [0.717, 1.165) is 6.42 Å². The van der Waals surface area contributed by atoms with Crippen LogP contribution in [0, 0.1) is 0 Å². The van der Waals surface area contributed by atoms with Crippen LogP contribution in [-0.2, 0) is 13.0 Å². The lowest BCUT2D eigenvalue weighted by Crippen LogP contribution is -2.24. The number of para-hydroxylation sites is 1. The molecule has 3 rings (SSSR count). The van der Waals surface area contributed by atoms with E-state index in [-0.39, 0.29) is 17.9 Å². The second-order valence-electron chi connectivity index (χ2n) is 5.17. The number of aromatic nitrogens is 2. The van der Waals surface area contributed by atoms with Gasteiger partial charge >= 0.3 is 0 Å². The molecule has 2 aromatic carbocycles. The Bertz CT molecular complexity index is 879. The van der Waals surface area contributed by atoms with Crippen LogP contribution in [0.15, 0.2) is 59.7 Å². The molecule has 4 nitrogen and oxygen atoms in total. The van der Waals surface area contributed by atoms with Crippen molar-refractivity contribution >= 4 is 16.7 Å². The highest BCUT2D eigenvalue weighted by Gasteiger charge is 2.10. The topological polar surface area (TPSA) is 52.0 Å². The van der Waals surface area contributed by atoms with Gasteiger partial charge in [0.05, 0.1) is 23.8 Å². The zero-order chi connectivity index (χ0) is 15.5. The molecule has 0 saturated carbocycles. The van der Waals surface area contributed by atoms with Crippen molar-refractivity contribution in [3.63, 3.8) is 0 Å². The fraction of sp³-hybridized carbons (Fsp3) is 0.167. The first-order valence-corrected chi connectivity index (χ1v) is 7.25. The van der Waals surface area contributed by atoms with E-state index in [0.29, 0.717) is 16.5 Å². The molecule has 0 aliphatic carbocycles. The molecule has 0 radical (unpaired) electrons. The predicted molar refractivity (Wildman–Crippen MR) is 86.2 cm³/mol. The first-order chi connectivity index (χ1) is 10.7. The summed E-state index contributed by atoms with van der Waals surface area (Å²) in [5.74, 6) is -0.0955. The number of benzene rings is 2. The number of hydrogen-bond acceptors (Lipinski definition) is 3. The van der Waals surface area contributed by atoms with Crippen LogP contribution in [0.4, 0.5) is 0 Å². The molecule has 22 heavy (non-hydrogen) atoms. The lowest BCUT2D eigenvalue weighted by Gasteiger charge is -2.06. The number of Topliss-reactive ketones (excluding diaryl/α,β-unsaturated/α-hetero) is 1. The van der Waals surface area contributed by atoms with E-state index in [1.807, 2.05) is 18.2 Å². The van der Waals surface area contributed by atoms with E-state index in [1.54, 1.807) is 30.3 Å². The second kappa shape index (κ2) is 5.93. The van der Waals surface area contributed by atoms with Crippen molar-refractivity contribution in [1.82, 2.24) is 9.55 Å². The largest absolute Gasteiger partial charge is 0.292 e. The Kier molecular flexibility index (Phi) is 3.83. The quantitative estimate of drug-likeness (QED) is 0.695.